The Bertz CT molecular complexity index is 1000. The fourth-order valence-electron chi connectivity index (χ4n) is 5.79. The summed E-state index contributed by atoms with van der Waals surface area (Å²) in [6, 6.07) is 0. The topological polar surface area (TPSA) is 94.1 Å². The third-order valence-electron chi connectivity index (χ3n) is 9.14. The predicted octanol–water partition coefficient (Wildman–Crippen LogP) is 12.1. The molecule has 0 bridgehead atoms. The van der Waals surface area contributed by atoms with Gasteiger partial charge in [0.2, 0.25) is 0 Å². The third kappa shape index (κ3) is 41.6. The molecule has 0 radical (unpaired) electrons. The molecule has 0 aliphatic heterocycles. The lowest BCUT2D eigenvalue weighted by Crippen LogP contribution is -2.37. The molecule has 0 aliphatic rings. The van der Waals surface area contributed by atoms with E-state index in [-0.39, 0.29) is 25.8 Å². The van der Waals surface area contributed by atoms with E-state index < -0.39 is 13.9 Å². The molecule has 0 aromatic heterocycles. The van der Waals surface area contributed by atoms with Gasteiger partial charge in [-0.15, -0.1) is 0 Å². The van der Waals surface area contributed by atoms with Crippen molar-refractivity contribution in [3.63, 3.8) is 0 Å². The number of quaternary nitrogens is 1. The number of likely N-dealkylation sites (N-methyl/N-ethyl adjacent to an activating group) is 1. The number of phosphoric acid groups is 1. The monoisotopic (exact) mass is 782 g/mol. The number of ether oxygens (including phenoxy) is 2. The van der Waals surface area contributed by atoms with Crippen LogP contribution in [-0.2, 0) is 27.9 Å². The molecule has 0 rings (SSSR count). The van der Waals surface area contributed by atoms with E-state index >= 15 is 0 Å². The molecule has 54 heavy (non-hydrogen) atoms. The Morgan fingerprint density at radius 3 is 1.54 bits per heavy atom. The van der Waals surface area contributed by atoms with Crippen LogP contribution in [0.2, 0.25) is 0 Å². The van der Waals surface area contributed by atoms with Crippen LogP contribution in [0.25, 0.3) is 0 Å². The van der Waals surface area contributed by atoms with Crippen molar-refractivity contribution in [1.82, 2.24) is 0 Å². The van der Waals surface area contributed by atoms with Crippen molar-refractivity contribution >= 4 is 13.8 Å². The van der Waals surface area contributed by atoms with Crippen molar-refractivity contribution < 1.29 is 37.3 Å². The van der Waals surface area contributed by atoms with Crippen LogP contribution in [0.3, 0.4) is 0 Å². The van der Waals surface area contributed by atoms with Gasteiger partial charge < -0.3 is 27.9 Å². The van der Waals surface area contributed by atoms with Gasteiger partial charge in [-0.25, -0.2) is 0 Å². The highest BCUT2D eigenvalue weighted by Gasteiger charge is 2.20. The average Bonchev–Trinajstić information content (AvgIpc) is 3.12. The normalized spacial score (nSPS) is 14.3. The number of carbonyl (C=O) groups excluding carboxylic acids is 1. The van der Waals surface area contributed by atoms with Gasteiger partial charge in [0.15, 0.2) is 0 Å². The van der Waals surface area contributed by atoms with Gasteiger partial charge in [0.25, 0.3) is 7.82 Å². The molecule has 0 amide bonds. The molecule has 8 nitrogen and oxygen atoms in total. The summed E-state index contributed by atoms with van der Waals surface area (Å²) in [5, 5.41) is 0. The molecular weight excluding hydrogens is 697 g/mol. The minimum absolute atomic E-state index is 0.0158. The molecule has 0 saturated carbocycles. The molecule has 0 aromatic rings. The van der Waals surface area contributed by atoms with Gasteiger partial charge in [-0.2, -0.15) is 0 Å². The summed E-state index contributed by atoms with van der Waals surface area (Å²) in [4.78, 5) is 25.0. The first-order chi connectivity index (χ1) is 26.1. The van der Waals surface area contributed by atoms with E-state index in [0.29, 0.717) is 24.1 Å². The van der Waals surface area contributed by atoms with Crippen LogP contribution >= 0.6 is 7.82 Å². The van der Waals surface area contributed by atoms with Crippen molar-refractivity contribution in [2.24, 2.45) is 0 Å². The van der Waals surface area contributed by atoms with E-state index in [2.05, 4.69) is 62.5 Å². The first-order valence-electron chi connectivity index (χ1n) is 21.9. The number of hydrogen-bond donors (Lipinski definition) is 0. The van der Waals surface area contributed by atoms with Crippen LogP contribution in [0.5, 0.6) is 0 Å². The van der Waals surface area contributed by atoms with Crippen LogP contribution in [0.1, 0.15) is 174 Å². The van der Waals surface area contributed by atoms with Crippen molar-refractivity contribution in [3.8, 4) is 0 Å². The van der Waals surface area contributed by atoms with Crippen LogP contribution in [0, 0.1) is 0 Å². The zero-order valence-electron chi connectivity index (χ0n) is 35.7. The molecular formula is C45H84NO7P. The Balaban J connectivity index is 4.28. The van der Waals surface area contributed by atoms with E-state index in [1.54, 1.807) is 0 Å². The number of phosphoric ester groups is 1. The summed E-state index contributed by atoms with van der Waals surface area (Å²) >= 11 is 0. The maximum atomic E-state index is 12.7. The van der Waals surface area contributed by atoms with Gasteiger partial charge in [-0.1, -0.05) is 172 Å². The lowest BCUT2D eigenvalue weighted by atomic mass is 10.0. The molecule has 0 aromatic carbocycles. The number of unbranched alkanes of at least 4 members (excludes halogenated alkanes) is 18. The molecule has 0 aliphatic carbocycles. The van der Waals surface area contributed by atoms with Gasteiger partial charge in [-0.3, -0.25) is 9.36 Å². The second-order valence-corrected chi connectivity index (χ2v) is 17.1. The summed E-state index contributed by atoms with van der Waals surface area (Å²) in [6.07, 6.45) is 45.7. The number of carbonyl (C=O) groups is 1. The highest BCUT2D eigenvalue weighted by molar-refractivity contribution is 7.45. The summed E-state index contributed by atoms with van der Waals surface area (Å²) in [6.45, 7) is 5.15. The van der Waals surface area contributed by atoms with Crippen LogP contribution < -0.4 is 4.89 Å². The number of allylic oxidation sites excluding steroid dienone is 8. The quantitative estimate of drug-likeness (QED) is 0.0201. The van der Waals surface area contributed by atoms with E-state index in [0.717, 1.165) is 57.8 Å². The Morgan fingerprint density at radius 2 is 1.06 bits per heavy atom. The van der Waals surface area contributed by atoms with E-state index in [9.17, 15) is 14.3 Å². The van der Waals surface area contributed by atoms with Gasteiger partial charge >= 0.3 is 5.97 Å². The summed E-state index contributed by atoms with van der Waals surface area (Å²) in [5.74, 6) is -0.352. The molecule has 316 valence electrons. The molecule has 0 heterocycles. The Labute approximate surface area is 333 Å². The average molecular weight is 782 g/mol. The van der Waals surface area contributed by atoms with Gasteiger partial charge in [0.1, 0.15) is 19.3 Å². The smallest absolute Gasteiger partial charge is 0.306 e. The minimum atomic E-state index is -4.54. The van der Waals surface area contributed by atoms with Gasteiger partial charge in [0, 0.05) is 13.0 Å². The second kappa shape index (κ2) is 38.3. The van der Waals surface area contributed by atoms with Crippen molar-refractivity contribution in [2.75, 3.05) is 54.1 Å². The molecule has 0 N–H and O–H groups in total. The van der Waals surface area contributed by atoms with E-state index in [1.165, 1.54) is 96.3 Å². The summed E-state index contributed by atoms with van der Waals surface area (Å²) in [5.41, 5.74) is 0. The molecule has 0 saturated heterocycles. The molecule has 2 unspecified atom stereocenters. The van der Waals surface area contributed by atoms with Crippen molar-refractivity contribution in [2.45, 2.75) is 180 Å². The van der Waals surface area contributed by atoms with Gasteiger partial charge in [-0.05, 0) is 44.9 Å². The van der Waals surface area contributed by atoms with Gasteiger partial charge in [0.05, 0.1) is 34.4 Å². The van der Waals surface area contributed by atoms with Crippen LogP contribution in [0.4, 0.5) is 0 Å². The SMILES string of the molecule is CC/C=C\C/C=C\C/C=C\C/C=C\CCCOCC(COP(=O)([O-])OCC[N+](C)(C)C)OC(=O)CCCCCCCCCCCCCCCCCCCC. The molecule has 0 spiro atoms. The molecule has 9 heteroatoms. The summed E-state index contributed by atoms with van der Waals surface area (Å²) in [7, 11) is 1.32. The van der Waals surface area contributed by atoms with E-state index in [4.69, 9.17) is 18.5 Å². The Morgan fingerprint density at radius 1 is 0.593 bits per heavy atom. The third-order valence-corrected chi connectivity index (χ3v) is 10.1. The molecule has 0 fully saturated rings. The highest BCUT2D eigenvalue weighted by atomic mass is 31.2. The zero-order valence-corrected chi connectivity index (χ0v) is 36.6. The number of esters is 1. The lowest BCUT2D eigenvalue weighted by molar-refractivity contribution is -0.870. The lowest BCUT2D eigenvalue weighted by Gasteiger charge is -2.28. The Kier molecular flexibility index (Phi) is 37.2. The highest BCUT2D eigenvalue weighted by Crippen LogP contribution is 2.38. The number of nitrogens with zero attached hydrogens (tertiary/aromatic N) is 1. The largest absolute Gasteiger partial charge is 0.756 e. The number of hydrogen-bond acceptors (Lipinski definition) is 7. The van der Waals surface area contributed by atoms with E-state index in [1.807, 2.05) is 21.1 Å². The first-order valence-corrected chi connectivity index (χ1v) is 23.3. The Hall–Kier alpha value is -1.54. The maximum Gasteiger partial charge on any atom is 0.306 e. The predicted molar refractivity (Wildman–Crippen MR) is 226 cm³/mol. The van der Waals surface area contributed by atoms with Crippen molar-refractivity contribution in [1.29, 1.82) is 0 Å². The van der Waals surface area contributed by atoms with Crippen LogP contribution in [-0.4, -0.2) is 70.7 Å². The summed E-state index contributed by atoms with van der Waals surface area (Å²) < 4.78 is 34.5. The van der Waals surface area contributed by atoms with Crippen molar-refractivity contribution in [3.05, 3.63) is 48.6 Å². The minimum Gasteiger partial charge on any atom is -0.756 e. The maximum absolute atomic E-state index is 12.7. The first kappa shape index (κ1) is 52.5. The fraction of sp³-hybridized carbons (Fsp3) is 0.800. The second-order valence-electron chi connectivity index (χ2n) is 15.7. The zero-order chi connectivity index (χ0) is 39.9. The fourth-order valence-corrected chi connectivity index (χ4v) is 6.51. The molecule has 2 atom stereocenters. The standard InChI is InChI=1S/C45H84NO7P/c1-6-8-10-12-14-16-18-20-22-23-24-25-26-28-30-32-34-36-38-45(47)53-44(43-52-54(48,49)51-41-39-46(3,4)5)42-50-40-37-35-33-31-29-27-21-19-17-15-13-11-9-7-2/h9,11,15,17,21,27,31,33,44H,6-8,10,12-14,16,18-20,22-26,28-30,32,34-43H2,1-5H3/b11-9-,17-15-,27-21-,33-31-. The number of rotatable bonds is 40. The van der Waals surface area contributed by atoms with Crippen LogP contribution in [0.15, 0.2) is 48.6 Å².